The van der Waals surface area contributed by atoms with Crippen LogP contribution in [-0.2, 0) is 15.0 Å². The van der Waals surface area contributed by atoms with E-state index in [1.807, 2.05) is 24.3 Å². The Bertz CT molecular complexity index is 848. The average molecular weight is 406 g/mol. The second-order valence-electron chi connectivity index (χ2n) is 7.35. The molecule has 7 heteroatoms. The van der Waals surface area contributed by atoms with Gasteiger partial charge in [-0.2, -0.15) is 0 Å². The molecule has 150 valence electrons. The Balaban J connectivity index is 2.03. The van der Waals surface area contributed by atoms with Gasteiger partial charge in [0.1, 0.15) is 6.04 Å². The number of amides is 2. The summed E-state index contributed by atoms with van der Waals surface area (Å²) in [5.74, 6) is -2.90. The monoisotopic (exact) mass is 406 g/mol. The predicted octanol–water partition coefficient (Wildman–Crippen LogP) is 3.96. The lowest BCUT2D eigenvalue weighted by Gasteiger charge is -2.19. The van der Waals surface area contributed by atoms with E-state index in [0.29, 0.717) is 0 Å². The van der Waals surface area contributed by atoms with Gasteiger partial charge >= 0.3 is 0 Å². The Hall–Kier alpha value is -2.41. The smallest absolute Gasteiger partial charge is 0.246 e. The second-order valence-corrected chi connectivity index (χ2v) is 8.40. The lowest BCUT2D eigenvalue weighted by molar-refractivity contribution is -0.127. The normalized spacial score (nSPS) is 12.4. The predicted molar refractivity (Wildman–Crippen MR) is 107 cm³/mol. The zero-order chi connectivity index (χ0) is 20.9. The van der Waals surface area contributed by atoms with Gasteiger partial charge in [-0.3, -0.25) is 9.59 Å². The van der Waals surface area contributed by atoms with E-state index in [1.54, 1.807) is 0 Å². The number of halogens is 2. The number of likely N-dealkylation sites (N-methyl/N-ethyl adjacent to an activating group) is 1. The molecule has 2 amide bonds. The molecular formula is C21H24F2N2O2S. The molecule has 0 aliphatic rings. The van der Waals surface area contributed by atoms with Gasteiger partial charge in [-0.1, -0.05) is 39.0 Å². The molecule has 2 aromatic carbocycles. The number of carbonyl (C=O) groups excluding carboxylic acids is 2. The standard InChI is InChI=1S/C21H24F2N2O2S/c1-21(2,3)14-6-8-15(9-7-14)28-12-18(26)25-19(20(27)24-4)13-5-10-16(22)17(23)11-13/h5-11,19H,12H2,1-4H3,(H,24,27)(H,25,26). The third kappa shape index (κ3) is 5.79. The maximum Gasteiger partial charge on any atom is 0.246 e. The van der Waals surface area contributed by atoms with E-state index in [0.717, 1.165) is 17.0 Å². The molecule has 2 N–H and O–H groups in total. The first-order chi connectivity index (χ1) is 13.1. The first-order valence-corrected chi connectivity index (χ1v) is 9.79. The topological polar surface area (TPSA) is 58.2 Å². The number of rotatable bonds is 6. The molecule has 0 fully saturated rings. The van der Waals surface area contributed by atoms with E-state index in [1.165, 1.54) is 30.4 Å². The zero-order valence-corrected chi connectivity index (χ0v) is 17.1. The molecule has 4 nitrogen and oxygen atoms in total. The SMILES string of the molecule is CNC(=O)C(NC(=O)CSc1ccc(C(C)(C)C)cc1)c1ccc(F)c(F)c1. The molecule has 0 bridgehead atoms. The summed E-state index contributed by atoms with van der Waals surface area (Å²) in [5.41, 5.74) is 1.41. The van der Waals surface area contributed by atoms with Crippen LogP contribution in [0.4, 0.5) is 8.78 Å². The van der Waals surface area contributed by atoms with Gasteiger partial charge < -0.3 is 10.6 Å². The van der Waals surface area contributed by atoms with Crippen LogP contribution in [0.25, 0.3) is 0 Å². The molecular weight excluding hydrogens is 382 g/mol. The third-order valence-corrected chi connectivity index (χ3v) is 5.19. The fourth-order valence-electron chi connectivity index (χ4n) is 2.54. The summed E-state index contributed by atoms with van der Waals surface area (Å²) in [6, 6.07) is 9.96. The molecule has 2 rings (SSSR count). The molecule has 0 aromatic heterocycles. The summed E-state index contributed by atoms with van der Waals surface area (Å²) in [6.45, 7) is 6.37. The fraction of sp³-hybridized carbons (Fsp3) is 0.333. The molecule has 0 saturated carbocycles. The molecule has 2 aromatic rings. The van der Waals surface area contributed by atoms with Crippen molar-refractivity contribution in [1.82, 2.24) is 10.6 Å². The van der Waals surface area contributed by atoms with Gasteiger partial charge in [0, 0.05) is 11.9 Å². The van der Waals surface area contributed by atoms with Crippen LogP contribution < -0.4 is 10.6 Å². The molecule has 1 unspecified atom stereocenters. The van der Waals surface area contributed by atoms with Crippen LogP contribution in [0.5, 0.6) is 0 Å². The van der Waals surface area contributed by atoms with Gasteiger partial charge in [0.15, 0.2) is 11.6 Å². The van der Waals surface area contributed by atoms with Crippen molar-refractivity contribution in [2.24, 2.45) is 0 Å². The minimum Gasteiger partial charge on any atom is -0.357 e. The summed E-state index contributed by atoms with van der Waals surface area (Å²) >= 11 is 1.33. The van der Waals surface area contributed by atoms with Crippen molar-refractivity contribution in [2.75, 3.05) is 12.8 Å². The van der Waals surface area contributed by atoms with Crippen molar-refractivity contribution < 1.29 is 18.4 Å². The number of nitrogens with one attached hydrogen (secondary N) is 2. The van der Waals surface area contributed by atoms with Crippen molar-refractivity contribution in [3.63, 3.8) is 0 Å². The maximum atomic E-state index is 13.5. The molecule has 0 saturated heterocycles. The Morgan fingerprint density at radius 2 is 1.68 bits per heavy atom. The Kier molecular flexibility index (Phi) is 7.18. The number of hydrogen-bond acceptors (Lipinski definition) is 3. The largest absolute Gasteiger partial charge is 0.357 e. The van der Waals surface area contributed by atoms with E-state index >= 15 is 0 Å². The van der Waals surface area contributed by atoms with Crippen molar-refractivity contribution in [2.45, 2.75) is 37.1 Å². The van der Waals surface area contributed by atoms with Gasteiger partial charge in [-0.05, 0) is 40.8 Å². The van der Waals surface area contributed by atoms with Crippen LogP contribution in [0.2, 0.25) is 0 Å². The van der Waals surface area contributed by atoms with Crippen LogP contribution >= 0.6 is 11.8 Å². The molecule has 1 atom stereocenters. The maximum absolute atomic E-state index is 13.5. The lowest BCUT2D eigenvalue weighted by Crippen LogP contribution is -2.39. The first-order valence-electron chi connectivity index (χ1n) is 8.81. The Morgan fingerprint density at radius 3 is 2.21 bits per heavy atom. The Labute approximate surface area is 168 Å². The van der Waals surface area contributed by atoms with Gasteiger partial charge in [-0.25, -0.2) is 8.78 Å². The van der Waals surface area contributed by atoms with E-state index in [2.05, 4.69) is 31.4 Å². The van der Waals surface area contributed by atoms with Crippen LogP contribution in [0.15, 0.2) is 47.4 Å². The summed E-state index contributed by atoms with van der Waals surface area (Å²) in [7, 11) is 1.41. The highest BCUT2D eigenvalue weighted by molar-refractivity contribution is 8.00. The van der Waals surface area contributed by atoms with E-state index in [-0.39, 0.29) is 22.6 Å². The van der Waals surface area contributed by atoms with Gasteiger partial charge in [-0.15, -0.1) is 11.8 Å². The summed E-state index contributed by atoms with van der Waals surface area (Å²) in [6.07, 6.45) is 0. The van der Waals surface area contributed by atoms with Crippen LogP contribution in [0.1, 0.15) is 37.9 Å². The first kappa shape index (κ1) is 21.9. The third-order valence-electron chi connectivity index (χ3n) is 4.18. The molecule has 0 aliphatic carbocycles. The number of benzene rings is 2. The van der Waals surface area contributed by atoms with Gasteiger partial charge in [0.25, 0.3) is 0 Å². The molecule has 0 heterocycles. The summed E-state index contributed by atoms with van der Waals surface area (Å²) < 4.78 is 26.7. The van der Waals surface area contributed by atoms with Crippen molar-refractivity contribution in [1.29, 1.82) is 0 Å². The second kappa shape index (κ2) is 9.19. The molecule has 28 heavy (non-hydrogen) atoms. The van der Waals surface area contributed by atoms with E-state index in [9.17, 15) is 18.4 Å². The summed E-state index contributed by atoms with van der Waals surface area (Å²) in [4.78, 5) is 25.3. The average Bonchev–Trinajstić information content (AvgIpc) is 2.65. The fourth-order valence-corrected chi connectivity index (χ4v) is 3.25. The Morgan fingerprint density at radius 1 is 1.04 bits per heavy atom. The number of hydrogen-bond donors (Lipinski definition) is 2. The van der Waals surface area contributed by atoms with E-state index in [4.69, 9.17) is 0 Å². The summed E-state index contributed by atoms with van der Waals surface area (Å²) in [5, 5.41) is 5.00. The molecule has 0 spiro atoms. The van der Waals surface area contributed by atoms with Crippen LogP contribution in [0, 0.1) is 11.6 Å². The minimum atomic E-state index is -1.10. The van der Waals surface area contributed by atoms with Gasteiger partial charge in [0.05, 0.1) is 5.75 Å². The zero-order valence-electron chi connectivity index (χ0n) is 16.3. The van der Waals surface area contributed by atoms with Crippen molar-refractivity contribution in [3.8, 4) is 0 Å². The van der Waals surface area contributed by atoms with Crippen LogP contribution in [-0.4, -0.2) is 24.6 Å². The van der Waals surface area contributed by atoms with Crippen molar-refractivity contribution in [3.05, 3.63) is 65.2 Å². The lowest BCUT2D eigenvalue weighted by atomic mass is 9.87. The van der Waals surface area contributed by atoms with Crippen molar-refractivity contribution >= 4 is 23.6 Å². The van der Waals surface area contributed by atoms with Gasteiger partial charge in [0.2, 0.25) is 11.8 Å². The number of carbonyl (C=O) groups is 2. The quantitative estimate of drug-likeness (QED) is 0.714. The highest BCUT2D eigenvalue weighted by Gasteiger charge is 2.23. The molecule has 0 radical (unpaired) electrons. The molecule has 0 aliphatic heterocycles. The number of thioether (sulfide) groups is 1. The highest BCUT2D eigenvalue weighted by Crippen LogP contribution is 2.26. The van der Waals surface area contributed by atoms with E-state index < -0.39 is 23.6 Å². The van der Waals surface area contributed by atoms with Crippen LogP contribution in [0.3, 0.4) is 0 Å². The minimum absolute atomic E-state index is 0.0474. The highest BCUT2D eigenvalue weighted by atomic mass is 32.2.